The van der Waals surface area contributed by atoms with Crippen LogP contribution in [0.5, 0.6) is 11.5 Å². The number of anilines is 1. The van der Waals surface area contributed by atoms with Gasteiger partial charge < -0.3 is 20.5 Å². The van der Waals surface area contributed by atoms with E-state index in [9.17, 15) is 8.78 Å². The lowest BCUT2D eigenvalue weighted by atomic mass is 10.0. The molecule has 5 nitrogen and oxygen atoms in total. The lowest BCUT2D eigenvalue weighted by molar-refractivity contribution is -0.0512. The molecule has 0 atom stereocenters. The van der Waals surface area contributed by atoms with Gasteiger partial charge in [0, 0.05) is 12.2 Å². The van der Waals surface area contributed by atoms with Gasteiger partial charge in [0.25, 0.3) is 0 Å². The number of guanidine groups is 1. The number of hydrogen-bond donors (Lipinski definition) is 2. The smallest absolute Gasteiger partial charge is 0.387 e. The van der Waals surface area contributed by atoms with E-state index in [1.165, 1.54) is 18.7 Å². The third-order valence-electron chi connectivity index (χ3n) is 3.95. The van der Waals surface area contributed by atoms with Crippen LogP contribution in [-0.4, -0.2) is 26.2 Å². The summed E-state index contributed by atoms with van der Waals surface area (Å²) in [5, 5.41) is 3.06. The summed E-state index contributed by atoms with van der Waals surface area (Å²) >= 11 is 0. The maximum atomic E-state index is 12.5. The number of rotatable bonds is 8. The fourth-order valence-electron chi connectivity index (χ4n) is 2.53. The van der Waals surface area contributed by atoms with Crippen LogP contribution in [0.4, 0.5) is 14.5 Å². The first kappa shape index (κ1) is 23.9. The summed E-state index contributed by atoms with van der Waals surface area (Å²) in [7, 11) is 1.40. The number of benzene rings is 2. The molecule has 0 spiro atoms. The molecule has 0 bridgehead atoms. The molecule has 0 radical (unpaired) electrons. The first-order chi connectivity index (χ1) is 12.9. The molecule has 0 amide bonds. The maximum Gasteiger partial charge on any atom is 0.387 e. The Labute approximate surface area is 181 Å². The number of hydrogen-bond acceptors (Lipinski definition) is 3. The Balaban J connectivity index is 0.00000392. The molecule has 2 aromatic rings. The van der Waals surface area contributed by atoms with Gasteiger partial charge in [-0.1, -0.05) is 32.0 Å². The minimum absolute atomic E-state index is 0. The third-order valence-corrected chi connectivity index (χ3v) is 3.95. The summed E-state index contributed by atoms with van der Waals surface area (Å²) in [6.07, 6.45) is 0.526. The molecule has 28 heavy (non-hydrogen) atoms. The number of halogens is 3. The number of aliphatic imine (C=N–C) groups is 1. The van der Waals surface area contributed by atoms with Crippen LogP contribution in [-0.2, 0) is 6.42 Å². The van der Waals surface area contributed by atoms with Crippen molar-refractivity contribution >= 4 is 35.6 Å². The van der Waals surface area contributed by atoms with Gasteiger partial charge in [0.1, 0.15) is 0 Å². The van der Waals surface area contributed by atoms with E-state index in [2.05, 4.69) is 35.0 Å². The molecule has 0 fully saturated rings. The molecule has 0 aliphatic heterocycles. The lowest BCUT2D eigenvalue weighted by Gasteiger charge is -2.11. The molecule has 0 aliphatic rings. The van der Waals surface area contributed by atoms with E-state index >= 15 is 0 Å². The van der Waals surface area contributed by atoms with Crippen molar-refractivity contribution in [2.75, 3.05) is 19.0 Å². The first-order valence-corrected chi connectivity index (χ1v) is 8.67. The number of nitrogens with one attached hydrogen (secondary N) is 1. The average Bonchev–Trinajstić information content (AvgIpc) is 2.61. The lowest BCUT2D eigenvalue weighted by Crippen LogP contribution is -2.23. The molecule has 154 valence electrons. The van der Waals surface area contributed by atoms with Gasteiger partial charge in [-0.05, 0) is 47.7 Å². The van der Waals surface area contributed by atoms with Crippen LogP contribution in [0.15, 0.2) is 47.5 Å². The highest BCUT2D eigenvalue weighted by Crippen LogP contribution is 2.29. The molecule has 2 aromatic carbocycles. The highest BCUT2D eigenvalue weighted by atomic mass is 127. The van der Waals surface area contributed by atoms with Crippen molar-refractivity contribution in [1.29, 1.82) is 0 Å². The molecule has 0 unspecified atom stereocenters. The zero-order valence-electron chi connectivity index (χ0n) is 16.1. The molecular formula is C20H26F2IN3O2. The SMILES string of the molecule is COc1ccc(CCN=C(N)Nc2cccc(C(C)C)c2)cc1OC(F)F.I. The highest BCUT2D eigenvalue weighted by Gasteiger charge is 2.11. The number of ether oxygens (including phenoxy) is 2. The zero-order valence-corrected chi connectivity index (χ0v) is 18.4. The van der Waals surface area contributed by atoms with Crippen LogP contribution >= 0.6 is 24.0 Å². The Hall–Kier alpha value is -2.10. The van der Waals surface area contributed by atoms with Gasteiger partial charge in [-0.15, -0.1) is 24.0 Å². The van der Waals surface area contributed by atoms with Crippen LogP contribution in [0.1, 0.15) is 30.9 Å². The molecule has 0 heterocycles. The van der Waals surface area contributed by atoms with E-state index in [1.807, 2.05) is 18.2 Å². The minimum atomic E-state index is -2.91. The van der Waals surface area contributed by atoms with Crippen LogP contribution in [0.3, 0.4) is 0 Å². The van der Waals surface area contributed by atoms with Crippen molar-refractivity contribution in [3.63, 3.8) is 0 Å². The van der Waals surface area contributed by atoms with Crippen LogP contribution < -0.4 is 20.5 Å². The quantitative estimate of drug-likeness (QED) is 0.301. The second-order valence-electron chi connectivity index (χ2n) is 6.29. The van der Waals surface area contributed by atoms with E-state index in [-0.39, 0.29) is 35.5 Å². The second kappa shape index (κ2) is 11.7. The highest BCUT2D eigenvalue weighted by molar-refractivity contribution is 14.0. The zero-order chi connectivity index (χ0) is 19.8. The maximum absolute atomic E-state index is 12.5. The van der Waals surface area contributed by atoms with Crippen molar-refractivity contribution in [2.24, 2.45) is 10.7 Å². The number of alkyl halides is 2. The molecule has 2 rings (SSSR count). The molecule has 0 saturated carbocycles. The third kappa shape index (κ3) is 7.49. The topological polar surface area (TPSA) is 68.9 Å². The Morgan fingerprint density at radius 2 is 1.89 bits per heavy atom. The Morgan fingerprint density at radius 3 is 2.54 bits per heavy atom. The van der Waals surface area contributed by atoms with Crippen LogP contribution in [0.2, 0.25) is 0 Å². The number of methoxy groups -OCH3 is 1. The Bertz CT molecular complexity index is 786. The van der Waals surface area contributed by atoms with E-state index in [0.717, 1.165) is 11.3 Å². The summed E-state index contributed by atoms with van der Waals surface area (Å²) < 4.78 is 34.5. The fourth-order valence-corrected chi connectivity index (χ4v) is 2.53. The summed E-state index contributed by atoms with van der Waals surface area (Å²) in [6.45, 7) is 1.74. The summed E-state index contributed by atoms with van der Waals surface area (Å²) in [5.74, 6) is 0.984. The van der Waals surface area contributed by atoms with Crippen molar-refractivity contribution < 1.29 is 18.3 Å². The average molecular weight is 505 g/mol. The van der Waals surface area contributed by atoms with Crippen molar-refractivity contribution in [3.8, 4) is 11.5 Å². The monoisotopic (exact) mass is 505 g/mol. The summed E-state index contributed by atoms with van der Waals surface area (Å²) in [5.41, 5.74) is 8.81. The van der Waals surface area contributed by atoms with E-state index in [1.54, 1.807) is 12.1 Å². The largest absolute Gasteiger partial charge is 0.493 e. The second-order valence-corrected chi connectivity index (χ2v) is 6.29. The van der Waals surface area contributed by atoms with Crippen LogP contribution in [0, 0.1) is 0 Å². The Kier molecular flexibility index (Phi) is 9.98. The molecule has 0 aliphatic carbocycles. The fraction of sp³-hybridized carbons (Fsp3) is 0.350. The van der Waals surface area contributed by atoms with E-state index in [4.69, 9.17) is 10.5 Å². The van der Waals surface area contributed by atoms with E-state index in [0.29, 0.717) is 24.8 Å². The van der Waals surface area contributed by atoms with Gasteiger partial charge in [-0.3, -0.25) is 4.99 Å². The van der Waals surface area contributed by atoms with Crippen molar-refractivity contribution in [1.82, 2.24) is 0 Å². The van der Waals surface area contributed by atoms with Gasteiger partial charge in [0.2, 0.25) is 0 Å². The Morgan fingerprint density at radius 1 is 1.14 bits per heavy atom. The molecule has 3 N–H and O–H groups in total. The standard InChI is InChI=1S/C20H25F2N3O2.HI/c1-13(2)15-5-4-6-16(12-15)25-20(23)24-10-9-14-7-8-17(26-3)18(11-14)27-19(21)22;/h4-8,11-13,19H,9-10H2,1-3H3,(H3,23,24,25);1H. The normalized spacial score (nSPS) is 11.3. The van der Waals surface area contributed by atoms with Crippen molar-refractivity contribution in [2.45, 2.75) is 32.8 Å². The molecular weight excluding hydrogens is 479 g/mol. The molecule has 0 saturated heterocycles. The predicted octanol–water partition coefficient (Wildman–Crippen LogP) is 5.01. The first-order valence-electron chi connectivity index (χ1n) is 8.67. The van der Waals surface area contributed by atoms with Gasteiger partial charge in [0.05, 0.1) is 7.11 Å². The van der Waals surface area contributed by atoms with Gasteiger partial charge in [0.15, 0.2) is 17.5 Å². The van der Waals surface area contributed by atoms with Gasteiger partial charge in [-0.2, -0.15) is 8.78 Å². The van der Waals surface area contributed by atoms with Gasteiger partial charge in [-0.25, -0.2) is 0 Å². The molecule has 0 aromatic heterocycles. The van der Waals surface area contributed by atoms with Crippen LogP contribution in [0.25, 0.3) is 0 Å². The minimum Gasteiger partial charge on any atom is -0.493 e. The van der Waals surface area contributed by atoms with E-state index < -0.39 is 6.61 Å². The number of nitrogens with two attached hydrogens (primary N) is 1. The van der Waals surface area contributed by atoms with Crippen molar-refractivity contribution in [3.05, 3.63) is 53.6 Å². The predicted molar refractivity (Wildman–Crippen MR) is 119 cm³/mol. The summed E-state index contributed by atoms with van der Waals surface area (Å²) in [4.78, 5) is 4.29. The van der Waals surface area contributed by atoms with Gasteiger partial charge >= 0.3 is 6.61 Å². The number of nitrogens with zero attached hydrogens (tertiary/aromatic N) is 1. The summed E-state index contributed by atoms with van der Waals surface area (Å²) in [6, 6.07) is 12.9. The molecule has 8 heteroatoms.